The van der Waals surface area contributed by atoms with E-state index in [1.165, 1.54) is 18.0 Å². The normalized spacial score (nSPS) is 16.5. The standard InChI is InChI=1S/C23H23F3N4O2/c1-14-8-15(2)10-17(9-14)22(32)30-7-6-29(13-20(30)21(31)28-3)18-5-4-16(12-27)19(11-18)23(24,25)26/h4-5,8-11,20H,6-7,13H2,1-3H3,(H,28,31). The lowest BCUT2D eigenvalue weighted by Gasteiger charge is -2.41. The number of rotatable bonds is 3. The summed E-state index contributed by atoms with van der Waals surface area (Å²) in [6.07, 6.45) is -4.68. The minimum Gasteiger partial charge on any atom is -0.367 e. The molecule has 3 rings (SSSR count). The molecule has 0 radical (unpaired) electrons. The van der Waals surface area contributed by atoms with Gasteiger partial charge in [0, 0.05) is 37.9 Å². The quantitative estimate of drug-likeness (QED) is 0.789. The van der Waals surface area contributed by atoms with E-state index in [9.17, 15) is 22.8 Å². The molecule has 0 aliphatic carbocycles. The molecule has 1 fully saturated rings. The number of carbonyl (C=O) groups excluding carboxylic acids is 2. The van der Waals surface area contributed by atoms with Crippen molar-refractivity contribution in [3.63, 3.8) is 0 Å². The van der Waals surface area contributed by atoms with Crippen LogP contribution < -0.4 is 10.2 Å². The summed E-state index contributed by atoms with van der Waals surface area (Å²) in [6.45, 7) is 4.18. The minimum atomic E-state index is -4.68. The molecule has 0 saturated carbocycles. The first kappa shape index (κ1) is 23.1. The predicted molar refractivity (Wildman–Crippen MR) is 113 cm³/mol. The van der Waals surface area contributed by atoms with Crippen molar-refractivity contribution in [3.05, 3.63) is 64.2 Å². The number of hydrogen-bond donors (Lipinski definition) is 1. The Balaban J connectivity index is 1.92. The number of amides is 2. The van der Waals surface area contributed by atoms with Gasteiger partial charge in [-0.25, -0.2) is 0 Å². The highest BCUT2D eigenvalue weighted by Crippen LogP contribution is 2.35. The fourth-order valence-corrected chi connectivity index (χ4v) is 3.98. The minimum absolute atomic E-state index is 0.0272. The number of halogens is 3. The highest BCUT2D eigenvalue weighted by atomic mass is 19.4. The molecule has 0 bridgehead atoms. The fraction of sp³-hybridized carbons (Fsp3) is 0.348. The number of nitriles is 1. The van der Waals surface area contributed by atoms with Crippen LogP contribution in [-0.4, -0.2) is 49.4 Å². The zero-order valence-corrected chi connectivity index (χ0v) is 18.0. The van der Waals surface area contributed by atoms with Gasteiger partial charge in [-0.1, -0.05) is 17.2 Å². The fourth-order valence-electron chi connectivity index (χ4n) is 3.98. The lowest BCUT2D eigenvalue weighted by atomic mass is 10.0. The Hall–Kier alpha value is -3.54. The number of piperazine rings is 1. The molecule has 1 saturated heterocycles. The number of nitrogens with zero attached hydrogens (tertiary/aromatic N) is 3. The SMILES string of the molecule is CNC(=O)C1CN(c2ccc(C#N)c(C(F)(F)F)c2)CCN1C(=O)c1cc(C)cc(C)c1. The van der Waals surface area contributed by atoms with E-state index in [1.54, 1.807) is 23.1 Å². The van der Waals surface area contributed by atoms with Gasteiger partial charge >= 0.3 is 6.18 Å². The Bertz CT molecular complexity index is 1070. The number of nitrogens with one attached hydrogen (secondary N) is 1. The van der Waals surface area contributed by atoms with Gasteiger partial charge in [-0.15, -0.1) is 0 Å². The first-order chi connectivity index (χ1) is 15.0. The van der Waals surface area contributed by atoms with E-state index in [0.29, 0.717) is 5.56 Å². The van der Waals surface area contributed by atoms with Crippen molar-refractivity contribution in [2.75, 3.05) is 31.6 Å². The van der Waals surface area contributed by atoms with E-state index in [0.717, 1.165) is 23.3 Å². The molecule has 1 unspecified atom stereocenters. The molecule has 2 aromatic carbocycles. The highest BCUT2D eigenvalue weighted by molar-refractivity contribution is 5.98. The number of aryl methyl sites for hydroxylation is 2. The van der Waals surface area contributed by atoms with Gasteiger partial charge in [-0.05, 0) is 44.2 Å². The van der Waals surface area contributed by atoms with Crippen LogP contribution in [0.5, 0.6) is 0 Å². The van der Waals surface area contributed by atoms with Crippen LogP contribution >= 0.6 is 0 Å². The highest BCUT2D eigenvalue weighted by Gasteiger charge is 2.38. The molecule has 2 amide bonds. The Kier molecular flexibility index (Phi) is 6.44. The molecule has 0 aromatic heterocycles. The van der Waals surface area contributed by atoms with E-state index in [-0.39, 0.29) is 31.2 Å². The van der Waals surface area contributed by atoms with E-state index < -0.39 is 29.3 Å². The van der Waals surface area contributed by atoms with Crippen LogP contribution in [0.4, 0.5) is 18.9 Å². The number of benzene rings is 2. The summed E-state index contributed by atoms with van der Waals surface area (Å²) in [4.78, 5) is 28.9. The smallest absolute Gasteiger partial charge is 0.367 e. The van der Waals surface area contributed by atoms with Gasteiger partial charge in [0.2, 0.25) is 5.91 Å². The summed E-state index contributed by atoms with van der Waals surface area (Å²) in [5.74, 6) is -0.710. The molecular weight excluding hydrogens is 421 g/mol. The number of anilines is 1. The summed E-state index contributed by atoms with van der Waals surface area (Å²) < 4.78 is 40.1. The predicted octanol–water partition coefficient (Wildman–Crippen LogP) is 3.27. The van der Waals surface area contributed by atoms with Gasteiger partial charge < -0.3 is 15.1 Å². The monoisotopic (exact) mass is 444 g/mol. The molecule has 168 valence electrons. The summed E-state index contributed by atoms with van der Waals surface area (Å²) in [7, 11) is 1.45. The molecule has 32 heavy (non-hydrogen) atoms. The van der Waals surface area contributed by atoms with Crippen molar-refractivity contribution in [1.82, 2.24) is 10.2 Å². The Morgan fingerprint density at radius 2 is 1.75 bits per heavy atom. The average Bonchev–Trinajstić information content (AvgIpc) is 2.76. The molecule has 0 spiro atoms. The maximum Gasteiger partial charge on any atom is 0.417 e. The van der Waals surface area contributed by atoms with Gasteiger partial charge in [0.05, 0.1) is 17.2 Å². The number of carbonyl (C=O) groups is 2. The van der Waals surface area contributed by atoms with Crippen LogP contribution in [0, 0.1) is 25.2 Å². The van der Waals surface area contributed by atoms with Gasteiger partial charge in [-0.2, -0.15) is 18.4 Å². The third-order valence-corrected chi connectivity index (χ3v) is 5.45. The van der Waals surface area contributed by atoms with Crippen molar-refractivity contribution in [2.24, 2.45) is 0 Å². The first-order valence-corrected chi connectivity index (χ1v) is 10.0. The Morgan fingerprint density at radius 3 is 2.31 bits per heavy atom. The van der Waals surface area contributed by atoms with Crippen molar-refractivity contribution in [1.29, 1.82) is 5.26 Å². The van der Waals surface area contributed by atoms with Crippen molar-refractivity contribution in [2.45, 2.75) is 26.1 Å². The van der Waals surface area contributed by atoms with Crippen molar-refractivity contribution >= 4 is 17.5 Å². The maximum atomic E-state index is 13.4. The Labute approximate surface area is 184 Å². The second-order valence-electron chi connectivity index (χ2n) is 7.79. The first-order valence-electron chi connectivity index (χ1n) is 10.0. The zero-order valence-electron chi connectivity index (χ0n) is 18.0. The van der Waals surface area contributed by atoms with Crippen molar-refractivity contribution in [3.8, 4) is 6.07 Å². The topological polar surface area (TPSA) is 76.4 Å². The van der Waals surface area contributed by atoms with E-state index in [4.69, 9.17) is 5.26 Å². The summed E-state index contributed by atoms with van der Waals surface area (Å²) in [5.41, 5.74) is 1.04. The molecule has 1 atom stereocenters. The van der Waals surface area contributed by atoms with E-state index in [2.05, 4.69) is 5.32 Å². The summed E-state index contributed by atoms with van der Waals surface area (Å²) >= 11 is 0. The molecule has 9 heteroatoms. The number of likely N-dealkylation sites (N-methyl/N-ethyl adjacent to an activating group) is 1. The van der Waals surface area contributed by atoms with Crippen LogP contribution in [-0.2, 0) is 11.0 Å². The number of alkyl halides is 3. The van der Waals surface area contributed by atoms with Gasteiger partial charge in [-0.3, -0.25) is 9.59 Å². The third-order valence-electron chi connectivity index (χ3n) is 5.45. The van der Waals surface area contributed by atoms with Crippen LogP contribution in [0.15, 0.2) is 36.4 Å². The van der Waals surface area contributed by atoms with Crippen LogP contribution in [0.25, 0.3) is 0 Å². The van der Waals surface area contributed by atoms with Crippen LogP contribution in [0.1, 0.15) is 32.6 Å². The third kappa shape index (κ3) is 4.69. The van der Waals surface area contributed by atoms with E-state index in [1.807, 2.05) is 19.9 Å². The molecule has 2 aromatic rings. The van der Waals surface area contributed by atoms with Crippen LogP contribution in [0.3, 0.4) is 0 Å². The molecule has 1 aliphatic rings. The molecular formula is C23H23F3N4O2. The zero-order chi connectivity index (χ0) is 23.6. The second-order valence-corrected chi connectivity index (χ2v) is 7.79. The summed E-state index contributed by atoms with van der Waals surface area (Å²) in [6, 6.07) is 9.59. The molecule has 1 N–H and O–H groups in total. The Morgan fingerprint density at radius 1 is 1.09 bits per heavy atom. The number of hydrogen-bond acceptors (Lipinski definition) is 4. The largest absolute Gasteiger partial charge is 0.417 e. The van der Waals surface area contributed by atoms with E-state index >= 15 is 0 Å². The molecule has 1 aliphatic heterocycles. The van der Waals surface area contributed by atoms with Crippen LogP contribution in [0.2, 0.25) is 0 Å². The van der Waals surface area contributed by atoms with Gasteiger partial charge in [0.25, 0.3) is 5.91 Å². The lowest BCUT2D eigenvalue weighted by Crippen LogP contribution is -2.60. The van der Waals surface area contributed by atoms with Gasteiger partial charge in [0.1, 0.15) is 6.04 Å². The lowest BCUT2D eigenvalue weighted by molar-refractivity contribution is -0.137. The van der Waals surface area contributed by atoms with Gasteiger partial charge in [0.15, 0.2) is 0 Å². The molecule has 6 nitrogen and oxygen atoms in total. The van der Waals surface area contributed by atoms with Crippen molar-refractivity contribution < 1.29 is 22.8 Å². The molecule has 1 heterocycles. The average molecular weight is 444 g/mol. The summed E-state index contributed by atoms with van der Waals surface area (Å²) in [5, 5.41) is 11.5. The maximum absolute atomic E-state index is 13.4. The second kappa shape index (κ2) is 8.91.